The molecule has 1 aromatic carbocycles. The predicted octanol–water partition coefficient (Wildman–Crippen LogP) is 3.08. The number of carbonyl (C=O) groups is 1. The molecule has 0 spiro atoms. The first-order chi connectivity index (χ1) is 8.16. The smallest absolute Gasteiger partial charge is 0.146 e. The summed E-state index contributed by atoms with van der Waals surface area (Å²) in [5.74, 6) is -0.0778. The number of rotatable bonds is 1. The number of nitrogens with zero attached hydrogens (tertiary/aromatic N) is 1. The molecule has 0 saturated heterocycles. The van der Waals surface area contributed by atoms with E-state index in [1.54, 1.807) is 18.2 Å². The van der Waals surface area contributed by atoms with Gasteiger partial charge >= 0.3 is 0 Å². The van der Waals surface area contributed by atoms with Crippen LogP contribution in [0.25, 0.3) is 0 Å². The molecule has 0 N–H and O–H groups in total. The number of halogens is 2. The molecule has 2 aliphatic rings. The Morgan fingerprint density at radius 1 is 1.35 bits per heavy atom. The van der Waals surface area contributed by atoms with E-state index in [0.717, 1.165) is 12.0 Å². The molecule has 0 radical (unpaired) electrons. The van der Waals surface area contributed by atoms with Gasteiger partial charge < -0.3 is 4.84 Å². The van der Waals surface area contributed by atoms with Crippen molar-refractivity contribution in [2.24, 2.45) is 11.1 Å². The predicted molar refractivity (Wildman–Crippen MR) is 65.6 cm³/mol. The summed E-state index contributed by atoms with van der Waals surface area (Å²) in [6.07, 6.45) is 1.19. The first kappa shape index (κ1) is 11.1. The molecular formula is C12H9Cl2NO2. The Kier molecular flexibility index (Phi) is 2.60. The molecule has 1 saturated carbocycles. The van der Waals surface area contributed by atoms with Crippen molar-refractivity contribution in [1.29, 1.82) is 0 Å². The Morgan fingerprint density at radius 3 is 2.94 bits per heavy atom. The van der Waals surface area contributed by atoms with Gasteiger partial charge in [-0.2, -0.15) is 0 Å². The van der Waals surface area contributed by atoms with E-state index < -0.39 is 0 Å². The number of oxime groups is 1. The van der Waals surface area contributed by atoms with Gasteiger partial charge in [0.2, 0.25) is 0 Å². The first-order valence-corrected chi connectivity index (χ1v) is 6.14. The second-order valence-electron chi connectivity index (χ2n) is 4.23. The van der Waals surface area contributed by atoms with E-state index in [4.69, 9.17) is 28.0 Å². The molecule has 1 aliphatic heterocycles. The molecule has 1 heterocycles. The lowest BCUT2D eigenvalue weighted by atomic mass is 9.94. The fourth-order valence-corrected chi connectivity index (χ4v) is 2.86. The van der Waals surface area contributed by atoms with Gasteiger partial charge in [-0.3, -0.25) is 4.79 Å². The van der Waals surface area contributed by atoms with Crippen LogP contribution in [-0.2, 0) is 9.63 Å². The zero-order valence-corrected chi connectivity index (χ0v) is 10.3. The van der Waals surface area contributed by atoms with E-state index in [-0.39, 0.29) is 17.8 Å². The van der Waals surface area contributed by atoms with Gasteiger partial charge in [0.25, 0.3) is 0 Å². The van der Waals surface area contributed by atoms with Crippen LogP contribution in [-0.4, -0.2) is 17.6 Å². The van der Waals surface area contributed by atoms with Crippen LogP contribution in [0.3, 0.4) is 0 Å². The molecule has 0 aromatic heterocycles. The van der Waals surface area contributed by atoms with Crippen molar-refractivity contribution >= 4 is 34.7 Å². The topological polar surface area (TPSA) is 38.7 Å². The Hall–Kier alpha value is -1.06. The van der Waals surface area contributed by atoms with Crippen LogP contribution in [0.2, 0.25) is 10.0 Å². The molecular weight excluding hydrogens is 261 g/mol. The number of carbonyl (C=O) groups excluding carboxylic acids is 1. The number of ketones is 1. The van der Waals surface area contributed by atoms with Crippen LogP contribution in [0.4, 0.5) is 0 Å². The minimum atomic E-state index is -0.256. The summed E-state index contributed by atoms with van der Waals surface area (Å²) in [5.41, 5.74) is 1.37. The lowest BCUT2D eigenvalue weighted by Gasteiger charge is -2.09. The molecule has 2 atom stereocenters. The molecule has 88 valence electrons. The number of hydrogen-bond donors (Lipinski definition) is 0. The Labute approximate surface area is 108 Å². The van der Waals surface area contributed by atoms with E-state index in [2.05, 4.69) is 5.16 Å². The summed E-state index contributed by atoms with van der Waals surface area (Å²) < 4.78 is 0. The van der Waals surface area contributed by atoms with Crippen molar-refractivity contribution < 1.29 is 9.63 Å². The average Bonchev–Trinajstić information content (AvgIpc) is 2.83. The lowest BCUT2D eigenvalue weighted by molar-refractivity contribution is -0.119. The molecule has 3 nitrogen and oxygen atoms in total. The minimum absolute atomic E-state index is 0.107. The molecule has 1 fully saturated rings. The normalized spacial score (nSPS) is 26.7. The molecule has 1 aliphatic carbocycles. The van der Waals surface area contributed by atoms with Crippen molar-refractivity contribution in [3.8, 4) is 0 Å². The van der Waals surface area contributed by atoms with Crippen LogP contribution in [0, 0.1) is 5.92 Å². The third-order valence-electron chi connectivity index (χ3n) is 3.18. The van der Waals surface area contributed by atoms with E-state index >= 15 is 0 Å². The second kappa shape index (κ2) is 4.00. The zero-order chi connectivity index (χ0) is 12.0. The van der Waals surface area contributed by atoms with Crippen LogP contribution in [0.5, 0.6) is 0 Å². The van der Waals surface area contributed by atoms with E-state index in [9.17, 15) is 4.79 Å². The fourth-order valence-electron chi connectivity index (χ4n) is 2.35. The maximum absolute atomic E-state index is 11.8. The molecule has 0 unspecified atom stereocenters. The molecule has 0 bridgehead atoms. The fraction of sp³-hybridized carbons (Fsp3) is 0.333. The standard InChI is InChI=1S/C12H9Cl2NO2/c13-6-1-2-7(8(14)5-6)12-11-9(16)3-4-10(11)17-15-12/h1-2,5,10-11H,3-4H2/t10-,11+/m0/s1. The van der Waals surface area contributed by atoms with E-state index in [1.807, 2.05) is 0 Å². The van der Waals surface area contributed by atoms with Gasteiger partial charge in [0.1, 0.15) is 23.5 Å². The van der Waals surface area contributed by atoms with Crippen LogP contribution in [0.1, 0.15) is 18.4 Å². The first-order valence-electron chi connectivity index (χ1n) is 5.38. The van der Waals surface area contributed by atoms with Crippen LogP contribution < -0.4 is 0 Å². The van der Waals surface area contributed by atoms with Crippen LogP contribution in [0.15, 0.2) is 23.4 Å². The van der Waals surface area contributed by atoms with Gasteiger partial charge in [0, 0.05) is 17.0 Å². The Morgan fingerprint density at radius 2 is 2.18 bits per heavy atom. The largest absolute Gasteiger partial charge is 0.391 e. The highest BCUT2D eigenvalue weighted by atomic mass is 35.5. The number of Topliss-reactive ketones (excluding diaryl/α,β-unsaturated/α-hetero) is 1. The Balaban J connectivity index is 2.02. The Bertz CT molecular complexity index is 527. The SMILES string of the molecule is O=C1CC[C@@H]2ON=C(c3ccc(Cl)cc3Cl)[C@H]12. The van der Waals surface area contributed by atoms with Gasteiger partial charge in [0.05, 0.1) is 5.02 Å². The summed E-state index contributed by atoms with van der Waals surface area (Å²) in [7, 11) is 0. The van der Waals surface area contributed by atoms with Gasteiger partial charge in [-0.15, -0.1) is 0 Å². The van der Waals surface area contributed by atoms with Crippen molar-refractivity contribution in [1.82, 2.24) is 0 Å². The average molecular weight is 270 g/mol. The van der Waals surface area contributed by atoms with Gasteiger partial charge in [-0.25, -0.2) is 0 Å². The summed E-state index contributed by atoms with van der Waals surface area (Å²) in [6.45, 7) is 0. The zero-order valence-electron chi connectivity index (χ0n) is 8.82. The number of benzene rings is 1. The minimum Gasteiger partial charge on any atom is -0.391 e. The number of fused-ring (bicyclic) bond motifs is 1. The third kappa shape index (κ3) is 1.74. The highest BCUT2D eigenvalue weighted by Gasteiger charge is 2.45. The van der Waals surface area contributed by atoms with Gasteiger partial charge in [0.15, 0.2) is 0 Å². The van der Waals surface area contributed by atoms with E-state index in [1.165, 1.54) is 0 Å². The van der Waals surface area contributed by atoms with Crippen molar-refractivity contribution in [3.63, 3.8) is 0 Å². The highest BCUT2D eigenvalue weighted by molar-refractivity contribution is 6.37. The second-order valence-corrected chi connectivity index (χ2v) is 5.07. The maximum Gasteiger partial charge on any atom is 0.146 e. The third-order valence-corrected chi connectivity index (χ3v) is 3.73. The number of hydrogen-bond acceptors (Lipinski definition) is 3. The van der Waals surface area contributed by atoms with Crippen molar-refractivity contribution in [3.05, 3.63) is 33.8 Å². The molecule has 1 aromatic rings. The maximum atomic E-state index is 11.8. The summed E-state index contributed by atoms with van der Waals surface area (Å²) in [5, 5.41) is 5.06. The monoisotopic (exact) mass is 269 g/mol. The quantitative estimate of drug-likeness (QED) is 0.786. The van der Waals surface area contributed by atoms with Crippen molar-refractivity contribution in [2.45, 2.75) is 18.9 Å². The molecule has 5 heteroatoms. The highest BCUT2D eigenvalue weighted by Crippen LogP contribution is 2.36. The van der Waals surface area contributed by atoms with Gasteiger partial charge in [-0.05, 0) is 18.6 Å². The summed E-state index contributed by atoms with van der Waals surface area (Å²) in [4.78, 5) is 17.1. The van der Waals surface area contributed by atoms with Crippen LogP contribution >= 0.6 is 23.2 Å². The summed E-state index contributed by atoms with van der Waals surface area (Å²) in [6, 6.07) is 5.16. The van der Waals surface area contributed by atoms with E-state index in [0.29, 0.717) is 22.2 Å². The lowest BCUT2D eigenvalue weighted by Crippen LogP contribution is -2.24. The molecule has 17 heavy (non-hydrogen) atoms. The molecule has 3 rings (SSSR count). The van der Waals surface area contributed by atoms with Gasteiger partial charge in [-0.1, -0.05) is 34.4 Å². The molecule has 0 amide bonds. The van der Waals surface area contributed by atoms with Crippen molar-refractivity contribution in [2.75, 3.05) is 0 Å². The summed E-state index contributed by atoms with van der Waals surface area (Å²) >= 11 is 12.0.